The zero-order chi connectivity index (χ0) is 18.1. The van der Waals surface area contributed by atoms with Crippen LogP contribution in [-0.4, -0.2) is 27.8 Å². The Morgan fingerprint density at radius 3 is 2.54 bits per heavy atom. The monoisotopic (exact) mass is 348 g/mol. The Kier molecular flexibility index (Phi) is 4.16. The van der Waals surface area contributed by atoms with Crippen LogP contribution in [0.15, 0.2) is 60.9 Å². The van der Waals surface area contributed by atoms with Crippen LogP contribution in [0.5, 0.6) is 5.75 Å². The molecule has 6 heteroatoms. The summed E-state index contributed by atoms with van der Waals surface area (Å²) in [6, 6.07) is 17.8. The van der Waals surface area contributed by atoms with Crippen LogP contribution in [0.3, 0.4) is 0 Å². The molecule has 0 aliphatic carbocycles. The van der Waals surface area contributed by atoms with Gasteiger partial charge in [-0.3, -0.25) is 9.69 Å². The molecule has 0 saturated heterocycles. The molecule has 1 amide bonds. The molecule has 0 unspecified atom stereocenters. The minimum atomic E-state index is -0.111. The van der Waals surface area contributed by atoms with Crippen molar-refractivity contribution in [2.24, 2.45) is 0 Å². The third-order valence-electron chi connectivity index (χ3n) is 4.84. The number of para-hydroxylation sites is 1. The predicted molar refractivity (Wildman–Crippen MR) is 98.1 cm³/mol. The molecular formula is C20H20N4O2. The lowest BCUT2D eigenvalue weighted by Crippen LogP contribution is -2.41. The van der Waals surface area contributed by atoms with Gasteiger partial charge in [0.05, 0.1) is 19.2 Å². The van der Waals surface area contributed by atoms with Crippen molar-refractivity contribution in [3.05, 3.63) is 72.1 Å². The topological polar surface area (TPSA) is 60.2 Å². The second-order valence-electron chi connectivity index (χ2n) is 6.31. The summed E-state index contributed by atoms with van der Waals surface area (Å²) in [6.45, 7) is 1.57. The summed E-state index contributed by atoms with van der Waals surface area (Å²) in [5, 5.41) is 4.41. The molecule has 2 heterocycles. The highest BCUT2D eigenvalue weighted by molar-refractivity contribution is 5.90. The van der Waals surface area contributed by atoms with E-state index in [9.17, 15) is 4.79 Å². The highest BCUT2D eigenvalue weighted by atomic mass is 16.5. The van der Waals surface area contributed by atoms with Gasteiger partial charge in [-0.2, -0.15) is 10.1 Å². The van der Waals surface area contributed by atoms with Crippen LogP contribution in [0.25, 0.3) is 0 Å². The van der Waals surface area contributed by atoms with Crippen LogP contribution in [0.2, 0.25) is 0 Å². The molecule has 0 bridgehead atoms. The van der Waals surface area contributed by atoms with E-state index >= 15 is 0 Å². The Balaban J connectivity index is 1.87. The number of anilines is 1. The lowest BCUT2D eigenvalue weighted by atomic mass is 9.91. The number of carbonyl (C=O) groups excluding carboxylic acids is 1. The second-order valence-corrected chi connectivity index (χ2v) is 6.31. The normalized spacial score (nSPS) is 19.1. The van der Waals surface area contributed by atoms with Crippen molar-refractivity contribution in [2.75, 3.05) is 12.0 Å². The first-order valence-electron chi connectivity index (χ1n) is 8.58. The Labute approximate surface area is 152 Å². The molecule has 0 saturated carbocycles. The fraction of sp³-hybridized carbons (Fsp3) is 0.250. The fourth-order valence-corrected chi connectivity index (χ4v) is 3.71. The number of methoxy groups -OCH3 is 1. The van der Waals surface area contributed by atoms with Crippen molar-refractivity contribution in [1.82, 2.24) is 14.8 Å². The molecule has 1 aliphatic rings. The molecule has 2 aromatic carbocycles. The van der Waals surface area contributed by atoms with Gasteiger partial charge in [-0.05, 0) is 18.1 Å². The minimum absolute atomic E-state index is 0.0495. The number of ether oxygens (including phenoxy) is 1. The highest BCUT2D eigenvalue weighted by Gasteiger charge is 2.38. The van der Waals surface area contributed by atoms with E-state index in [0.717, 1.165) is 16.9 Å². The molecule has 2 atom stereocenters. The molecule has 1 aliphatic heterocycles. The minimum Gasteiger partial charge on any atom is -0.496 e. The van der Waals surface area contributed by atoms with Crippen LogP contribution in [0.1, 0.15) is 36.6 Å². The van der Waals surface area contributed by atoms with E-state index in [1.165, 1.54) is 6.33 Å². The number of benzene rings is 2. The molecule has 0 spiro atoms. The zero-order valence-electron chi connectivity index (χ0n) is 14.7. The Bertz CT molecular complexity index is 922. The molecule has 6 nitrogen and oxygen atoms in total. The van der Waals surface area contributed by atoms with Crippen molar-refractivity contribution >= 4 is 11.9 Å². The van der Waals surface area contributed by atoms with Crippen molar-refractivity contribution in [1.29, 1.82) is 0 Å². The Morgan fingerprint density at radius 2 is 1.81 bits per heavy atom. The van der Waals surface area contributed by atoms with E-state index in [-0.39, 0.29) is 18.0 Å². The summed E-state index contributed by atoms with van der Waals surface area (Å²) in [5.41, 5.74) is 2.11. The van der Waals surface area contributed by atoms with Gasteiger partial charge in [-0.25, -0.2) is 4.68 Å². The van der Waals surface area contributed by atoms with Gasteiger partial charge >= 0.3 is 0 Å². The molecular weight excluding hydrogens is 328 g/mol. The summed E-state index contributed by atoms with van der Waals surface area (Å²) in [7, 11) is 1.67. The van der Waals surface area contributed by atoms with Gasteiger partial charge in [0.15, 0.2) is 0 Å². The Morgan fingerprint density at radius 1 is 1.08 bits per heavy atom. The molecule has 3 aromatic rings. The SMILES string of the molecule is COc1ccccc1[C@@H]1C[C@@H](c2ccccc2)N(C(C)=O)c2ncnn21. The molecule has 4 rings (SSSR count). The van der Waals surface area contributed by atoms with Crippen LogP contribution in [0.4, 0.5) is 5.95 Å². The first-order valence-corrected chi connectivity index (χ1v) is 8.58. The molecule has 26 heavy (non-hydrogen) atoms. The van der Waals surface area contributed by atoms with E-state index in [1.54, 1.807) is 18.9 Å². The fourth-order valence-electron chi connectivity index (χ4n) is 3.71. The molecule has 0 radical (unpaired) electrons. The maximum absolute atomic E-state index is 12.4. The first kappa shape index (κ1) is 16.3. The van der Waals surface area contributed by atoms with Crippen molar-refractivity contribution < 1.29 is 9.53 Å². The largest absolute Gasteiger partial charge is 0.496 e. The van der Waals surface area contributed by atoms with Gasteiger partial charge in [0.25, 0.3) is 0 Å². The van der Waals surface area contributed by atoms with E-state index < -0.39 is 0 Å². The van der Waals surface area contributed by atoms with Crippen molar-refractivity contribution in [2.45, 2.75) is 25.4 Å². The number of rotatable bonds is 3. The molecule has 0 N–H and O–H groups in total. The number of aromatic nitrogens is 3. The lowest BCUT2D eigenvalue weighted by molar-refractivity contribution is -0.117. The maximum atomic E-state index is 12.4. The highest BCUT2D eigenvalue weighted by Crippen LogP contribution is 2.43. The van der Waals surface area contributed by atoms with Crippen molar-refractivity contribution in [3.63, 3.8) is 0 Å². The summed E-state index contributed by atoms with van der Waals surface area (Å²) < 4.78 is 7.38. The Hall–Kier alpha value is -3.15. The van der Waals surface area contributed by atoms with E-state index in [0.29, 0.717) is 12.4 Å². The van der Waals surface area contributed by atoms with Gasteiger partial charge in [-0.1, -0.05) is 48.5 Å². The quantitative estimate of drug-likeness (QED) is 0.728. The number of nitrogens with zero attached hydrogens (tertiary/aromatic N) is 4. The van der Waals surface area contributed by atoms with Crippen LogP contribution >= 0.6 is 0 Å². The summed E-state index contributed by atoms with van der Waals surface area (Å²) in [6.07, 6.45) is 2.20. The number of amides is 1. The number of carbonyl (C=O) groups is 1. The average Bonchev–Trinajstić information content (AvgIpc) is 3.16. The number of fused-ring (bicyclic) bond motifs is 1. The average molecular weight is 348 g/mol. The van der Waals surface area contributed by atoms with Gasteiger partial charge < -0.3 is 4.74 Å². The van der Waals surface area contributed by atoms with Gasteiger partial charge in [0, 0.05) is 12.5 Å². The second kappa shape index (κ2) is 6.63. The number of hydrogen-bond donors (Lipinski definition) is 0. The molecule has 132 valence electrons. The van der Waals surface area contributed by atoms with Crippen molar-refractivity contribution in [3.8, 4) is 5.75 Å². The van der Waals surface area contributed by atoms with Crippen LogP contribution in [-0.2, 0) is 4.79 Å². The summed E-state index contributed by atoms with van der Waals surface area (Å²) >= 11 is 0. The number of hydrogen-bond acceptors (Lipinski definition) is 4. The van der Waals surface area contributed by atoms with Crippen LogP contribution in [0, 0.1) is 0 Å². The smallest absolute Gasteiger partial charge is 0.231 e. The van der Waals surface area contributed by atoms with E-state index in [1.807, 2.05) is 59.3 Å². The lowest BCUT2D eigenvalue weighted by Gasteiger charge is -2.38. The predicted octanol–water partition coefficient (Wildman–Crippen LogP) is 3.37. The molecule has 1 aromatic heterocycles. The molecule has 0 fully saturated rings. The third-order valence-corrected chi connectivity index (χ3v) is 4.84. The van der Waals surface area contributed by atoms with E-state index in [2.05, 4.69) is 10.1 Å². The summed E-state index contributed by atoms with van der Waals surface area (Å²) in [5.74, 6) is 1.32. The third kappa shape index (κ3) is 2.63. The maximum Gasteiger partial charge on any atom is 0.231 e. The van der Waals surface area contributed by atoms with Gasteiger partial charge in [0.2, 0.25) is 11.9 Å². The van der Waals surface area contributed by atoms with Crippen LogP contribution < -0.4 is 9.64 Å². The first-order chi connectivity index (χ1) is 12.7. The standard InChI is InChI=1S/C20H20N4O2/c1-14(25)23-17(15-8-4-3-5-9-15)12-18(24-20(23)21-13-22-24)16-10-6-7-11-19(16)26-2/h3-11,13,17-18H,12H2,1-2H3/t17-,18-/m0/s1. The van der Waals surface area contributed by atoms with Gasteiger partial charge in [-0.15, -0.1) is 0 Å². The van der Waals surface area contributed by atoms with Gasteiger partial charge in [0.1, 0.15) is 12.1 Å². The zero-order valence-corrected chi connectivity index (χ0v) is 14.7. The van der Waals surface area contributed by atoms with E-state index in [4.69, 9.17) is 4.74 Å². The summed E-state index contributed by atoms with van der Waals surface area (Å²) in [4.78, 5) is 18.5.